The molecule has 0 aliphatic rings. The molecule has 0 saturated carbocycles. The van der Waals surface area contributed by atoms with Crippen LogP contribution in [0.4, 0.5) is 15.8 Å². The number of nitrogens with two attached hydrogens (primary N) is 1. The molecule has 8 heteroatoms. The molecule has 6 nitrogen and oxygen atoms in total. The summed E-state index contributed by atoms with van der Waals surface area (Å²) < 4.78 is 14.8. The van der Waals surface area contributed by atoms with Crippen molar-refractivity contribution in [3.8, 4) is 0 Å². The van der Waals surface area contributed by atoms with Crippen LogP contribution in [0.25, 0.3) is 0 Å². The average molecular weight is 341 g/mol. The van der Waals surface area contributed by atoms with Crippen LogP contribution in [0.5, 0.6) is 0 Å². The highest BCUT2D eigenvalue weighted by atomic mass is 79.9. The molecule has 2 aromatic rings. The van der Waals surface area contributed by atoms with Gasteiger partial charge < -0.3 is 11.1 Å². The van der Waals surface area contributed by atoms with Gasteiger partial charge in [0.05, 0.1) is 12.0 Å². The van der Waals surface area contributed by atoms with Crippen molar-refractivity contribution < 1.29 is 9.18 Å². The number of nitrogens with one attached hydrogen (secondary N) is 1. The van der Waals surface area contributed by atoms with Crippen molar-refractivity contribution in [3.63, 3.8) is 0 Å². The van der Waals surface area contributed by atoms with Gasteiger partial charge >= 0.3 is 0 Å². The summed E-state index contributed by atoms with van der Waals surface area (Å²) in [5.41, 5.74) is 5.40. The highest BCUT2D eigenvalue weighted by Gasteiger charge is 2.10. The molecule has 0 fully saturated rings. The van der Waals surface area contributed by atoms with Crippen LogP contribution >= 0.6 is 15.9 Å². The molecule has 3 N–H and O–H groups in total. The minimum atomic E-state index is -0.604. The van der Waals surface area contributed by atoms with Crippen LogP contribution in [-0.4, -0.2) is 15.5 Å². The first-order valence-electron chi connectivity index (χ1n) is 5.52. The molecule has 0 aliphatic heterocycles. The Bertz CT molecular complexity index is 717. The van der Waals surface area contributed by atoms with Crippen molar-refractivity contribution in [2.24, 2.45) is 0 Å². The zero-order chi connectivity index (χ0) is 14.7. The van der Waals surface area contributed by atoms with E-state index in [0.29, 0.717) is 5.69 Å². The van der Waals surface area contributed by atoms with Crippen molar-refractivity contribution in [1.82, 2.24) is 9.55 Å². The molecule has 1 aromatic heterocycles. The van der Waals surface area contributed by atoms with E-state index in [9.17, 15) is 14.0 Å². The summed E-state index contributed by atoms with van der Waals surface area (Å²) in [5.74, 6) is -1.16. The van der Waals surface area contributed by atoms with Gasteiger partial charge in [0.1, 0.15) is 16.8 Å². The summed E-state index contributed by atoms with van der Waals surface area (Å²) in [6.07, 6.45) is 2.55. The summed E-state index contributed by atoms with van der Waals surface area (Å²) in [7, 11) is 0. The van der Waals surface area contributed by atoms with E-state index >= 15 is 0 Å². The maximum atomic E-state index is 13.5. The molecule has 0 saturated heterocycles. The summed E-state index contributed by atoms with van der Waals surface area (Å²) >= 11 is 3.02. The van der Waals surface area contributed by atoms with E-state index in [0.717, 1.165) is 10.6 Å². The van der Waals surface area contributed by atoms with Crippen molar-refractivity contribution in [2.45, 2.75) is 6.54 Å². The number of rotatable bonds is 3. The fourth-order valence-corrected chi connectivity index (χ4v) is 1.87. The Balaban J connectivity index is 2.15. The summed E-state index contributed by atoms with van der Waals surface area (Å²) in [4.78, 5) is 27.2. The molecular formula is C12H10BrFN4O2. The molecule has 0 aliphatic carbocycles. The summed E-state index contributed by atoms with van der Waals surface area (Å²) in [5, 5.41) is 2.35. The van der Waals surface area contributed by atoms with Crippen LogP contribution in [0.1, 0.15) is 0 Å². The monoisotopic (exact) mass is 340 g/mol. The third kappa shape index (κ3) is 3.21. The van der Waals surface area contributed by atoms with Gasteiger partial charge in [-0.1, -0.05) is 0 Å². The number of nitrogen functional groups attached to an aromatic ring is 1. The highest BCUT2D eigenvalue weighted by Crippen LogP contribution is 2.17. The number of amides is 1. The Morgan fingerprint density at radius 3 is 3.00 bits per heavy atom. The quantitative estimate of drug-likeness (QED) is 0.825. The molecule has 0 spiro atoms. The van der Waals surface area contributed by atoms with E-state index in [1.54, 1.807) is 0 Å². The fourth-order valence-electron chi connectivity index (χ4n) is 1.52. The number of carbonyl (C=O) groups excluding carboxylic acids is 1. The number of nitrogens with zero attached hydrogens (tertiary/aromatic N) is 2. The first kappa shape index (κ1) is 14.2. The number of halogens is 2. The second-order valence-corrected chi connectivity index (χ2v) is 4.82. The Morgan fingerprint density at radius 1 is 1.50 bits per heavy atom. The highest BCUT2D eigenvalue weighted by molar-refractivity contribution is 9.10. The van der Waals surface area contributed by atoms with Crippen LogP contribution < -0.4 is 16.6 Å². The molecule has 0 bridgehead atoms. The topological polar surface area (TPSA) is 90.0 Å². The van der Waals surface area contributed by atoms with E-state index in [-0.39, 0.29) is 16.7 Å². The Morgan fingerprint density at radius 2 is 2.25 bits per heavy atom. The van der Waals surface area contributed by atoms with Gasteiger partial charge in [-0.2, -0.15) is 0 Å². The predicted molar refractivity (Wildman–Crippen MR) is 75.6 cm³/mol. The third-order valence-corrected chi connectivity index (χ3v) is 2.98. The second-order valence-electron chi connectivity index (χ2n) is 3.96. The molecule has 0 atom stereocenters. The van der Waals surface area contributed by atoms with Crippen molar-refractivity contribution in [2.75, 3.05) is 11.1 Å². The Hall–Kier alpha value is -2.22. The number of hydrogen-bond acceptors (Lipinski definition) is 4. The minimum Gasteiger partial charge on any atom is -0.399 e. The molecule has 0 unspecified atom stereocenters. The first-order chi connectivity index (χ1) is 9.47. The lowest BCUT2D eigenvalue weighted by Gasteiger charge is -2.08. The number of carbonyl (C=O) groups is 1. The number of aromatic nitrogens is 2. The smallest absolute Gasteiger partial charge is 0.268 e. The lowest BCUT2D eigenvalue weighted by molar-refractivity contribution is -0.116. The van der Waals surface area contributed by atoms with Gasteiger partial charge in [0.2, 0.25) is 5.91 Å². The molecule has 20 heavy (non-hydrogen) atoms. The molecule has 1 aromatic carbocycles. The van der Waals surface area contributed by atoms with Crippen molar-refractivity contribution in [3.05, 3.63) is 51.4 Å². The predicted octanol–water partition coefficient (Wildman–Crippen LogP) is 1.37. The van der Waals surface area contributed by atoms with Gasteiger partial charge in [-0.05, 0) is 34.1 Å². The van der Waals surface area contributed by atoms with Crippen molar-refractivity contribution >= 4 is 33.2 Å². The van der Waals surface area contributed by atoms with Gasteiger partial charge in [0, 0.05) is 11.9 Å². The minimum absolute atomic E-state index is 0.0361. The fraction of sp³-hybridized carbons (Fsp3) is 0.0833. The lowest BCUT2D eigenvalue weighted by atomic mass is 10.2. The van der Waals surface area contributed by atoms with E-state index in [2.05, 4.69) is 26.2 Å². The van der Waals surface area contributed by atoms with E-state index in [4.69, 9.17) is 5.73 Å². The SMILES string of the molecule is Nc1ccc(F)c(NC(=O)Cn2cncc(Br)c2=O)c1. The lowest BCUT2D eigenvalue weighted by Crippen LogP contribution is -2.28. The molecular weight excluding hydrogens is 331 g/mol. The summed E-state index contributed by atoms with van der Waals surface area (Å²) in [6, 6.07) is 3.83. The van der Waals surface area contributed by atoms with Gasteiger partial charge in [0.15, 0.2) is 0 Å². The van der Waals surface area contributed by atoms with Crippen LogP contribution in [0.15, 0.2) is 40.0 Å². The Labute approximate surface area is 121 Å². The molecule has 1 heterocycles. The van der Waals surface area contributed by atoms with Crippen molar-refractivity contribution in [1.29, 1.82) is 0 Å². The zero-order valence-corrected chi connectivity index (χ0v) is 11.7. The molecule has 0 radical (unpaired) electrons. The maximum absolute atomic E-state index is 13.5. The van der Waals surface area contributed by atoms with Gasteiger partial charge in [-0.3, -0.25) is 14.2 Å². The average Bonchev–Trinajstić information content (AvgIpc) is 2.39. The normalized spacial score (nSPS) is 10.3. The number of hydrogen-bond donors (Lipinski definition) is 2. The standard InChI is InChI=1S/C12H10BrFN4O2/c13-8-4-16-6-18(12(8)20)5-11(19)17-10-3-7(15)1-2-9(10)14/h1-4,6H,5,15H2,(H,17,19). The zero-order valence-electron chi connectivity index (χ0n) is 10.1. The van der Waals surface area contributed by atoms with Gasteiger partial charge in [-0.25, -0.2) is 9.37 Å². The Kier molecular flexibility index (Phi) is 4.14. The third-order valence-electron chi connectivity index (χ3n) is 2.44. The largest absolute Gasteiger partial charge is 0.399 e. The molecule has 1 amide bonds. The van der Waals surface area contributed by atoms with E-state index < -0.39 is 17.3 Å². The number of anilines is 2. The summed E-state index contributed by atoms with van der Waals surface area (Å²) in [6.45, 7) is -0.278. The molecule has 2 rings (SSSR count). The van der Waals surface area contributed by atoms with Crippen LogP contribution in [-0.2, 0) is 11.3 Å². The second kappa shape index (κ2) is 5.83. The molecule has 104 valence electrons. The van der Waals surface area contributed by atoms with Crippen LogP contribution in [0, 0.1) is 5.82 Å². The van der Waals surface area contributed by atoms with Gasteiger partial charge in [0.25, 0.3) is 5.56 Å². The van der Waals surface area contributed by atoms with E-state index in [1.807, 2.05) is 0 Å². The first-order valence-corrected chi connectivity index (χ1v) is 6.31. The van der Waals surface area contributed by atoms with Crippen LogP contribution in [0.3, 0.4) is 0 Å². The van der Waals surface area contributed by atoms with E-state index in [1.165, 1.54) is 24.7 Å². The van der Waals surface area contributed by atoms with Gasteiger partial charge in [-0.15, -0.1) is 0 Å². The maximum Gasteiger partial charge on any atom is 0.268 e. The number of benzene rings is 1. The van der Waals surface area contributed by atoms with Crippen LogP contribution in [0.2, 0.25) is 0 Å².